The lowest BCUT2D eigenvalue weighted by Crippen LogP contribution is -2.67. The Kier molecular flexibility index (Phi) is 11.9. The normalized spacial score (nSPS) is 55.2. The number of carbonyl (C=O) groups excluding carboxylic acids is 1. The summed E-state index contributed by atoms with van der Waals surface area (Å²) in [6.07, 6.45) is -18.1. The Labute approximate surface area is 330 Å². The fourth-order valence-corrected chi connectivity index (χ4v) is 12.3. The summed E-state index contributed by atoms with van der Waals surface area (Å²) in [4.78, 5) is 14.3. The lowest BCUT2D eigenvalue weighted by atomic mass is 9.35. The molecule has 0 unspecified atom stereocenters. The zero-order valence-corrected chi connectivity index (χ0v) is 32.7. The molecule has 18 nitrogen and oxygen atoms in total. The van der Waals surface area contributed by atoms with Gasteiger partial charge in [0.1, 0.15) is 73.2 Å². The van der Waals surface area contributed by atoms with Crippen molar-refractivity contribution < 1.29 is 89.4 Å². The van der Waals surface area contributed by atoms with E-state index in [0.29, 0.717) is 51.4 Å². The number of aliphatic hydroxyl groups excluding tert-OH is 11. The first-order valence-corrected chi connectivity index (χ1v) is 20.2. The van der Waals surface area contributed by atoms with Crippen LogP contribution < -0.4 is 0 Å². The smallest absolute Gasteiger partial charge is 0.314 e. The highest BCUT2D eigenvalue weighted by atomic mass is 16.8. The minimum absolute atomic E-state index is 0.0884. The summed E-state index contributed by atoms with van der Waals surface area (Å²) < 4.78 is 35.7. The molecule has 7 rings (SSSR count). The van der Waals surface area contributed by atoms with Gasteiger partial charge in [0, 0.05) is 0 Å². The standard InChI is InChI=1S/C39H62O18/c1-17-12-38-11-10-37(4)35(2,7-5-8-36(37,3)34(51)56-32-29(50)26(47)23(44)19(14-41)53-32)21(38)6-9-39(17,16-38)57-33-30(27(48)24(45)20(15-42)54-33)55-31-28(49)25(46)22(43)18(13-40)52-31/h18-33,40-50H,1,5-16H2,2-4H3/t18-,19-,20-,21+,22-,23-,24-,25+,26+,27+,28-,29-,30-,31+,32+,33+,35+,36+,37+,38-,39+/m1/s1. The Morgan fingerprint density at radius 3 is 1.82 bits per heavy atom. The summed E-state index contributed by atoms with van der Waals surface area (Å²) in [7, 11) is 0. The molecule has 3 heterocycles. The van der Waals surface area contributed by atoms with Gasteiger partial charge in [-0.3, -0.25) is 4.79 Å². The van der Waals surface area contributed by atoms with Crippen molar-refractivity contribution >= 4 is 5.97 Å². The third-order valence-corrected chi connectivity index (χ3v) is 16.0. The average molecular weight is 819 g/mol. The highest BCUT2D eigenvalue weighted by Gasteiger charge is 2.73. The van der Waals surface area contributed by atoms with Gasteiger partial charge in [-0.15, -0.1) is 0 Å². The van der Waals surface area contributed by atoms with Crippen LogP contribution in [-0.4, -0.2) is 180 Å². The molecule has 326 valence electrons. The van der Waals surface area contributed by atoms with Gasteiger partial charge in [0.2, 0.25) is 6.29 Å². The number of esters is 1. The first-order chi connectivity index (χ1) is 26.8. The van der Waals surface area contributed by atoms with Gasteiger partial charge in [-0.1, -0.05) is 26.8 Å². The van der Waals surface area contributed by atoms with E-state index in [1.165, 1.54) is 0 Å². The van der Waals surface area contributed by atoms with Gasteiger partial charge in [0.15, 0.2) is 12.6 Å². The van der Waals surface area contributed by atoms with Crippen molar-refractivity contribution in [1.82, 2.24) is 0 Å². The van der Waals surface area contributed by atoms with Gasteiger partial charge in [0.25, 0.3) is 0 Å². The molecule has 0 aromatic heterocycles. The molecule has 18 heteroatoms. The maximum Gasteiger partial charge on any atom is 0.314 e. The van der Waals surface area contributed by atoms with Crippen LogP contribution in [0.5, 0.6) is 0 Å². The van der Waals surface area contributed by atoms with E-state index in [9.17, 15) is 61.0 Å². The zero-order valence-electron chi connectivity index (χ0n) is 32.7. The zero-order chi connectivity index (χ0) is 41.6. The van der Waals surface area contributed by atoms with Gasteiger partial charge in [0.05, 0.1) is 30.8 Å². The van der Waals surface area contributed by atoms with Crippen LogP contribution >= 0.6 is 0 Å². The van der Waals surface area contributed by atoms with E-state index < -0.39 is 140 Å². The molecule has 3 saturated heterocycles. The summed E-state index contributed by atoms with van der Waals surface area (Å²) in [5.74, 6) is -0.509. The van der Waals surface area contributed by atoms with Gasteiger partial charge < -0.3 is 84.6 Å². The highest BCUT2D eigenvalue weighted by Crippen LogP contribution is 2.77. The van der Waals surface area contributed by atoms with Gasteiger partial charge in [-0.2, -0.15) is 0 Å². The van der Waals surface area contributed by atoms with E-state index >= 15 is 0 Å². The Morgan fingerprint density at radius 1 is 0.684 bits per heavy atom. The quantitative estimate of drug-likeness (QED) is 0.0649. The number of aliphatic hydroxyl groups is 11. The molecule has 4 saturated carbocycles. The topological polar surface area (TPSA) is 295 Å². The minimum Gasteiger partial charge on any atom is -0.432 e. The summed E-state index contributed by atoms with van der Waals surface area (Å²) >= 11 is 0. The van der Waals surface area contributed by atoms with Crippen molar-refractivity contribution in [1.29, 1.82) is 0 Å². The third-order valence-electron chi connectivity index (χ3n) is 16.0. The Bertz CT molecular complexity index is 1500. The van der Waals surface area contributed by atoms with Gasteiger partial charge in [-0.05, 0) is 86.0 Å². The lowest BCUT2D eigenvalue weighted by molar-refractivity contribution is -0.378. The Balaban J connectivity index is 1.12. The average Bonchev–Trinajstić information content (AvgIpc) is 3.39. The summed E-state index contributed by atoms with van der Waals surface area (Å²) in [6, 6.07) is 0. The molecule has 0 aromatic rings. The van der Waals surface area contributed by atoms with E-state index in [1.807, 2.05) is 6.92 Å². The molecule has 21 atom stereocenters. The second-order valence-electron chi connectivity index (χ2n) is 18.6. The lowest BCUT2D eigenvalue weighted by Gasteiger charge is -2.69. The SMILES string of the molecule is C=C1C[C@@]23CC[C@]4(C)[C@](C)(C(=O)O[C@@H]5O[C@H](CO)[C@@H](O)[C@H](O)[C@H]5O)CCC[C@@]4(C)[C@@H]2CC[C@]1(O[C@@H]1O[C@H](CO)[C@@H](O)[C@H](O)[C@H]1O[C@@H]1O[C@H](CO)[C@@H](O)[C@H](O)[C@H]1O)C3. The number of rotatable bonds is 9. The van der Waals surface area contributed by atoms with Crippen molar-refractivity contribution in [2.45, 2.75) is 176 Å². The molecule has 11 N–H and O–H groups in total. The molecule has 0 amide bonds. The van der Waals surface area contributed by atoms with Gasteiger partial charge >= 0.3 is 5.97 Å². The molecule has 0 aromatic carbocycles. The predicted molar refractivity (Wildman–Crippen MR) is 191 cm³/mol. The second-order valence-corrected chi connectivity index (χ2v) is 18.6. The van der Waals surface area contributed by atoms with Crippen molar-refractivity contribution in [3.05, 3.63) is 12.2 Å². The molecule has 1 spiro atoms. The Hall–Kier alpha value is -1.43. The van der Waals surface area contributed by atoms with E-state index in [0.717, 1.165) is 12.0 Å². The molecule has 7 fully saturated rings. The summed E-state index contributed by atoms with van der Waals surface area (Å²) in [5.41, 5.74) is -2.57. The molecular weight excluding hydrogens is 756 g/mol. The largest absolute Gasteiger partial charge is 0.432 e. The minimum atomic E-state index is -1.81. The van der Waals surface area contributed by atoms with Crippen LogP contribution in [0.25, 0.3) is 0 Å². The first-order valence-electron chi connectivity index (χ1n) is 20.2. The number of ether oxygens (including phenoxy) is 6. The van der Waals surface area contributed by atoms with Crippen molar-refractivity contribution in [2.24, 2.45) is 27.6 Å². The fraction of sp³-hybridized carbons (Fsp3) is 0.923. The van der Waals surface area contributed by atoms with Crippen LogP contribution in [0.15, 0.2) is 12.2 Å². The first kappa shape index (κ1) is 43.7. The number of hydrogen-bond donors (Lipinski definition) is 11. The van der Waals surface area contributed by atoms with Gasteiger partial charge in [-0.25, -0.2) is 0 Å². The predicted octanol–water partition coefficient (Wildman–Crippen LogP) is -2.55. The maximum atomic E-state index is 14.3. The number of fused-ring (bicyclic) bond motifs is 3. The molecule has 3 aliphatic heterocycles. The van der Waals surface area contributed by atoms with Crippen LogP contribution in [-0.2, 0) is 33.2 Å². The third kappa shape index (κ3) is 6.56. The van der Waals surface area contributed by atoms with Crippen molar-refractivity contribution in [3.63, 3.8) is 0 Å². The van der Waals surface area contributed by atoms with E-state index in [2.05, 4.69) is 20.4 Å². The fourth-order valence-electron chi connectivity index (χ4n) is 12.3. The van der Waals surface area contributed by atoms with E-state index in [1.54, 1.807) is 0 Å². The molecule has 0 radical (unpaired) electrons. The molecule has 2 bridgehead atoms. The Morgan fingerprint density at radius 2 is 1.23 bits per heavy atom. The monoisotopic (exact) mass is 818 g/mol. The molecule has 7 aliphatic rings. The summed E-state index contributed by atoms with van der Waals surface area (Å²) in [5, 5.41) is 114. The van der Waals surface area contributed by atoms with Crippen LogP contribution in [0.3, 0.4) is 0 Å². The van der Waals surface area contributed by atoms with Crippen LogP contribution in [0.4, 0.5) is 0 Å². The van der Waals surface area contributed by atoms with Crippen LogP contribution in [0.2, 0.25) is 0 Å². The van der Waals surface area contributed by atoms with Crippen LogP contribution in [0.1, 0.15) is 78.6 Å². The van der Waals surface area contributed by atoms with Crippen molar-refractivity contribution in [3.8, 4) is 0 Å². The second kappa shape index (κ2) is 15.5. The van der Waals surface area contributed by atoms with Crippen molar-refractivity contribution in [2.75, 3.05) is 19.8 Å². The molecular formula is C39H62O18. The van der Waals surface area contributed by atoms with Crippen LogP contribution in [0, 0.1) is 27.6 Å². The van der Waals surface area contributed by atoms with E-state index in [-0.39, 0.29) is 11.3 Å². The molecule has 57 heavy (non-hydrogen) atoms. The number of carbonyl (C=O) groups is 1. The highest BCUT2D eigenvalue weighted by molar-refractivity contribution is 5.78. The maximum absolute atomic E-state index is 14.3. The van der Waals surface area contributed by atoms with E-state index in [4.69, 9.17) is 28.4 Å². The summed E-state index contributed by atoms with van der Waals surface area (Å²) in [6.45, 7) is 8.67. The molecule has 4 aliphatic carbocycles. The number of hydrogen-bond acceptors (Lipinski definition) is 18.